The molecule has 0 saturated heterocycles. The van der Waals surface area contributed by atoms with Crippen molar-refractivity contribution in [1.29, 1.82) is 0 Å². The van der Waals surface area contributed by atoms with Crippen LogP contribution in [-0.2, 0) is 4.74 Å². The second-order valence-corrected chi connectivity index (χ2v) is 4.42. The summed E-state index contributed by atoms with van der Waals surface area (Å²) in [5, 5.41) is 2.82. The van der Waals surface area contributed by atoms with E-state index in [-0.39, 0.29) is 18.1 Å². The lowest BCUT2D eigenvalue weighted by Crippen LogP contribution is -2.33. The van der Waals surface area contributed by atoms with Gasteiger partial charge in [0.2, 0.25) is 0 Å². The first kappa shape index (κ1) is 13.6. The fourth-order valence-electron chi connectivity index (χ4n) is 1.52. The summed E-state index contributed by atoms with van der Waals surface area (Å²) < 4.78 is 6.94. The molecule has 1 aromatic heterocycles. The normalized spacial score (nSPS) is 12.8. The first-order valence-corrected chi connectivity index (χ1v) is 5.74. The molecule has 1 atom stereocenters. The Labute approximate surface area is 102 Å². The van der Waals surface area contributed by atoms with E-state index in [0.717, 1.165) is 0 Å². The number of nitrogen functional groups attached to an aromatic ring is 1. The topological polar surface area (TPSA) is 69.3 Å². The van der Waals surface area contributed by atoms with Gasteiger partial charge >= 0.3 is 0 Å². The third kappa shape index (κ3) is 3.49. The van der Waals surface area contributed by atoms with Crippen molar-refractivity contribution in [2.45, 2.75) is 32.9 Å². The summed E-state index contributed by atoms with van der Waals surface area (Å²) >= 11 is 0. The van der Waals surface area contributed by atoms with E-state index < -0.39 is 0 Å². The third-order valence-electron chi connectivity index (χ3n) is 2.61. The van der Waals surface area contributed by atoms with Crippen molar-refractivity contribution < 1.29 is 9.53 Å². The summed E-state index contributed by atoms with van der Waals surface area (Å²) in [7, 11) is 1.62. The number of anilines is 1. The Balaban J connectivity index is 2.74. The van der Waals surface area contributed by atoms with Gasteiger partial charge in [0.05, 0.1) is 11.8 Å². The molecular formula is C12H21N3O2. The van der Waals surface area contributed by atoms with Crippen LogP contribution in [0.15, 0.2) is 12.3 Å². The molecule has 1 rings (SSSR count). The van der Waals surface area contributed by atoms with Gasteiger partial charge < -0.3 is 20.4 Å². The van der Waals surface area contributed by atoms with Crippen LogP contribution in [0.4, 0.5) is 5.69 Å². The molecule has 1 unspecified atom stereocenters. The van der Waals surface area contributed by atoms with E-state index in [9.17, 15) is 4.79 Å². The lowest BCUT2D eigenvalue weighted by molar-refractivity contribution is 0.0861. The van der Waals surface area contributed by atoms with Gasteiger partial charge in [0.1, 0.15) is 5.69 Å². The minimum atomic E-state index is -0.126. The fraction of sp³-hybridized carbons (Fsp3) is 0.583. The molecule has 0 aliphatic carbocycles. The average molecular weight is 239 g/mol. The number of ether oxygens (including phenoxy) is 1. The third-order valence-corrected chi connectivity index (χ3v) is 2.61. The Morgan fingerprint density at radius 2 is 2.18 bits per heavy atom. The fourth-order valence-corrected chi connectivity index (χ4v) is 1.52. The minimum absolute atomic E-state index is 0.00115. The zero-order valence-corrected chi connectivity index (χ0v) is 10.9. The van der Waals surface area contributed by atoms with Gasteiger partial charge in [-0.3, -0.25) is 4.79 Å². The summed E-state index contributed by atoms with van der Waals surface area (Å²) in [5.74, 6) is -0.126. The number of hydrogen-bond acceptors (Lipinski definition) is 3. The van der Waals surface area contributed by atoms with E-state index in [1.165, 1.54) is 0 Å². The van der Waals surface area contributed by atoms with Gasteiger partial charge in [-0.25, -0.2) is 0 Å². The maximum Gasteiger partial charge on any atom is 0.268 e. The zero-order valence-electron chi connectivity index (χ0n) is 10.9. The molecule has 3 N–H and O–H groups in total. The maximum atomic E-state index is 12.0. The second-order valence-electron chi connectivity index (χ2n) is 4.42. The second kappa shape index (κ2) is 5.72. The smallest absolute Gasteiger partial charge is 0.268 e. The van der Waals surface area contributed by atoms with Crippen LogP contribution in [0.1, 0.15) is 37.3 Å². The van der Waals surface area contributed by atoms with Crippen LogP contribution < -0.4 is 11.1 Å². The number of nitrogens with one attached hydrogen (secondary N) is 1. The largest absolute Gasteiger partial charge is 0.397 e. The van der Waals surface area contributed by atoms with E-state index in [2.05, 4.69) is 5.32 Å². The number of carbonyl (C=O) groups is 1. The van der Waals surface area contributed by atoms with E-state index in [0.29, 0.717) is 17.9 Å². The number of aromatic nitrogens is 1. The van der Waals surface area contributed by atoms with Crippen LogP contribution in [0.3, 0.4) is 0 Å². The molecule has 17 heavy (non-hydrogen) atoms. The standard InChI is InChI=1S/C12H21N3O2/c1-8(2)15-7-10(13)5-11(15)12(16)14-6-9(3)17-4/h5,7-9H,6,13H2,1-4H3,(H,14,16). The number of rotatable bonds is 5. The number of hydrogen-bond donors (Lipinski definition) is 2. The number of amides is 1. The molecule has 0 radical (unpaired) electrons. The van der Waals surface area contributed by atoms with E-state index in [1.807, 2.05) is 25.3 Å². The molecular weight excluding hydrogens is 218 g/mol. The van der Waals surface area contributed by atoms with E-state index >= 15 is 0 Å². The summed E-state index contributed by atoms with van der Waals surface area (Å²) in [5.41, 5.74) is 6.90. The van der Waals surface area contributed by atoms with Crippen LogP contribution in [0.25, 0.3) is 0 Å². The molecule has 0 spiro atoms. The molecule has 0 aromatic carbocycles. The van der Waals surface area contributed by atoms with Crippen LogP contribution in [-0.4, -0.2) is 30.2 Å². The summed E-state index contributed by atoms with van der Waals surface area (Å²) in [6.45, 7) is 6.40. The molecule has 1 heterocycles. The summed E-state index contributed by atoms with van der Waals surface area (Å²) in [4.78, 5) is 12.0. The van der Waals surface area contributed by atoms with E-state index in [4.69, 9.17) is 10.5 Å². The molecule has 0 fully saturated rings. The average Bonchev–Trinajstić information content (AvgIpc) is 2.67. The van der Waals surface area contributed by atoms with Crippen molar-refractivity contribution in [3.8, 4) is 0 Å². The van der Waals surface area contributed by atoms with Crippen molar-refractivity contribution in [3.05, 3.63) is 18.0 Å². The molecule has 0 saturated carbocycles. The van der Waals surface area contributed by atoms with Crippen molar-refractivity contribution in [3.63, 3.8) is 0 Å². The van der Waals surface area contributed by atoms with Crippen molar-refractivity contribution >= 4 is 11.6 Å². The SMILES string of the molecule is COC(C)CNC(=O)c1cc(N)cn1C(C)C. The van der Waals surface area contributed by atoms with Crippen LogP contribution >= 0.6 is 0 Å². The highest BCUT2D eigenvalue weighted by Gasteiger charge is 2.15. The molecule has 0 bridgehead atoms. The predicted molar refractivity (Wildman–Crippen MR) is 68.0 cm³/mol. The number of nitrogens with zero attached hydrogens (tertiary/aromatic N) is 1. The Morgan fingerprint density at radius 1 is 1.53 bits per heavy atom. The lowest BCUT2D eigenvalue weighted by atomic mass is 10.3. The lowest BCUT2D eigenvalue weighted by Gasteiger charge is -2.14. The van der Waals surface area contributed by atoms with Gasteiger partial charge in [-0.1, -0.05) is 0 Å². The maximum absolute atomic E-state index is 12.0. The van der Waals surface area contributed by atoms with Gasteiger partial charge in [0.25, 0.3) is 5.91 Å². The Bertz CT molecular complexity index is 385. The highest BCUT2D eigenvalue weighted by molar-refractivity contribution is 5.93. The Hall–Kier alpha value is -1.49. The molecule has 5 heteroatoms. The highest BCUT2D eigenvalue weighted by atomic mass is 16.5. The van der Waals surface area contributed by atoms with E-state index in [1.54, 1.807) is 19.4 Å². The first-order valence-electron chi connectivity index (χ1n) is 5.74. The first-order chi connectivity index (χ1) is 7.95. The van der Waals surface area contributed by atoms with Gasteiger partial charge in [-0.05, 0) is 26.8 Å². The van der Waals surface area contributed by atoms with Gasteiger partial charge in [-0.15, -0.1) is 0 Å². The minimum Gasteiger partial charge on any atom is -0.397 e. The Morgan fingerprint density at radius 3 is 2.71 bits per heavy atom. The monoisotopic (exact) mass is 239 g/mol. The van der Waals surface area contributed by atoms with Crippen molar-refractivity contribution in [2.24, 2.45) is 0 Å². The quantitative estimate of drug-likeness (QED) is 0.816. The molecule has 5 nitrogen and oxygen atoms in total. The molecule has 0 aliphatic rings. The molecule has 0 aliphatic heterocycles. The highest BCUT2D eigenvalue weighted by Crippen LogP contribution is 2.16. The number of methoxy groups -OCH3 is 1. The summed E-state index contributed by atoms with van der Waals surface area (Å²) in [6, 6.07) is 1.89. The molecule has 1 amide bonds. The van der Waals surface area contributed by atoms with Crippen molar-refractivity contribution in [1.82, 2.24) is 9.88 Å². The van der Waals surface area contributed by atoms with Gasteiger partial charge in [-0.2, -0.15) is 0 Å². The van der Waals surface area contributed by atoms with Crippen LogP contribution in [0.2, 0.25) is 0 Å². The Kier molecular flexibility index (Phi) is 4.57. The predicted octanol–water partition coefficient (Wildman–Crippen LogP) is 1.42. The van der Waals surface area contributed by atoms with Gasteiger partial charge in [0, 0.05) is 25.9 Å². The zero-order chi connectivity index (χ0) is 13.0. The summed E-state index contributed by atoms with van der Waals surface area (Å²) in [6.07, 6.45) is 1.78. The number of carbonyl (C=O) groups excluding carboxylic acids is 1. The molecule has 96 valence electrons. The van der Waals surface area contributed by atoms with Gasteiger partial charge in [0.15, 0.2) is 0 Å². The molecule has 1 aromatic rings. The number of nitrogens with two attached hydrogens (primary N) is 1. The van der Waals surface area contributed by atoms with Crippen LogP contribution in [0, 0.1) is 0 Å². The van der Waals surface area contributed by atoms with Crippen molar-refractivity contribution in [2.75, 3.05) is 19.4 Å². The van der Waals surface area contributed by atoms with Crippen LogP contribution in [0.5, 0.6) is 0 Å².